The predicted octanol–water partition coefficient (Wildman–Crippen LogP) is 4.40. The van der Waals surface area contributed by atoms with Gasteiger partial charge in [0.15, 0.2) is 17.4 Å². The van der Waals surface area contributed by atoms with Gasteiger partial charge in [-0.05, 0) is 42.9 Å². The number of nitrogens with one attached hydrogen (secondary N) is 1. The molecule has 4 rings (SSSR count). The number of anilines is 1. The van der Waals surface area contributed by atoms with E-state index in [1.54, 1.807) is 25.3 Å². The Hall–Kier alpha value is -1.62. The number of aliphatic hydroxyl groups excluding tert-OH is 1. The van der Waals surface area contributed by atoms with Crippen LogP contribution < -0.4 is 10.6 Å². The fourth-order valence-electron chi connectivity index (χ4n) is 7.14. The topological polar surface area (TPSA) is 135 Å². The van der Waals surface area contributed by atoms with Crippen molar-refractivity contribution in [2.45, 2.75) is 128 Å². The maximum atomic E-state index is 12.8. The summed E-state index contributed by atoms with van der Waals surface area (Å²) in [4.78, 5) is 24.2. The van der Waals surface area contributed by atoms with Gasteiger partial charge >= 0.3 is 0 Å². The lowest BCUT2D eigenvalue weighted by Crippen LogP contribution is -2.73. The first-order chi connectivity index (χ1) is 18.0. The van der Waals surface area contributed by atoms with Gasteiger partial charge in [0.05, 0.1) is 18.5 Å². The van der Waals surface area contributed by atoms with Crippen LogP contribution >= 0.6 is 0 Å². The number of aliphatic hydroxyl groups is 1. The number of ether oxygens (including phenoxy) is 1. The van der Waals surface area contributed by atoms with Crippen molar-refractivity contribution in [2.75, 3.05) is 11.7 Å². The third-order valence-electron chi connectivity index (χ3n) is 8.70. The summed E-state index contributed by atoms with van der Waals surface area (Å²) in [6.45, 7) is 23.8. The standard InChI is InChI=1S/C26H47N5O6Si2/c1-14(2)38(15(3)4)35-12-18-21(37-39(38,16(5)6)17(7)8)20(32)24(36-18)30-13-27-19-22(30)28-25(29-23(19)33)31(34)26(9,10)11/h13-18,20-21,24,32,34H,12H2,1-11H3,(H,28,29,33)/t18-,20-,21-,24-/m1/s1. The lowest BCUT2D eigenvalue weighted by atomic mass is 10.1. The molecule has 0 saturated carbocycles. The largest absolute Gasteiger partial charge is 0.413 e. The van der Waals surface area contributed by atoms with E-state index in [1.807, 2.05) is 0 Å². The quantitative estimate of drug-likeness (QED) is 0.335. The zero-order chi connectivity index (χ0) is 29.2. The lowest BCUT2D eigenvalue weighted by molar-refractivity contribution is -0.0471. The summed E-state index contributed by atoms with van der Waals surface area (Å²) in [6, 6.07) is 0. The van der Waals surface area contributed by atoms with Gasteiger partial charge in [0.25, 0.3) is 5.56 Å². The molecule has 0 unspecified atom stereocenters. The fourth-order valence-corrected chi connectivity index (χ4v) is 28.9. The molecule has 2 aromatic heterocycles. The molecule has 0 spiro atoms. The Kier molecular flexibility index (Phi) is 8.04. The maximum absolute atomic E-state index is 12.8. The Balaban J connectivity index is 1.79. The van der Waals surface area contributed by atoms with Crippen molar-refractivity contribution >= 4 is 32.8 Å². The first-order valence-corrected chi connectivity index (χ1v) is 19.2. The summed E-state index contributed by atoms with van der Waals surface area (Å²) < 4.78 is 22.4. The van der Waals surface area contributed by atoms with Crippen molar-refractivity contribution in [3.8, 4) is 0 Å². The normalized spacial score (nSPS) is 27.1. The molecule has 0 aliphatic carbocycles. The number of hydrogen-bond acceptors (Lipinski definition) is 9. The van der Waals surface area contributed by atoms with Gasteiger partial charge in [-0.3, -0.25) is 19.6 Å². The van der Waals surface area contributed by atoms with Gasteiger partial charge in [-0.15, -0.1) is 0 Å². The molecule has 4 atom stereocenters. The number of fused-ring (bicyclic) bond motifs is 2. The number of imidazole rings is 1. The average Bonchev–Trinajstić information content (AvgIpc) is 3.32. The molecule has 0 radical (unpaired) electrons. The number of aromatic amines is 1. The van der Waals surface area contributed by atoms with E-state index < -0.39 is 51.3 Å². The SMILES string of the molecule is CC(C)[Si]1(C(C)C)OC[C@H]2O[C@@H](n3cnc4c(=O)[nH]c(N(O)C(C)(C)C)nc43)[C@H](O)[C@@H]2O[Si]1(C(C)C)C(C)C. The third kappa shape index (κ3) is 4.54. The maximum Gasteiger partial charge on any atom is 0.280 e. The molecule has 2 fully saturated rings. The molecule has 4 heterocycles. The first kappa shape index (κ1) is 30.3. The first-order valence-electron chi connectivity index (χ1n) is 14.1. The highest BCUT2D eigenvalue weighted by Crippen LogP contribution is 2.54. The van der Waals surface area contributed by atoms with Crippen LogP contribution in [0.25, 0.3) is 11.2 Å². The number of hydroxylamine groups is 1. The number of rotatable bonds is 6. The Morgan fingerprint density at radius 3 is 2.13 bits per heavy atom. The van der Waals surface area contributed by atoms with Crippen LogP contribution in [-0.4, -0.2) is 76.0 Å². The van der Waals surface area contributed by atoms with Crippen LogP contribution in [0.3, 0.4) is 0 Å². The third-order valence-corrected chi connectivity index (χ3v) is 29.5. The van der Waals surface area contributed by atoms with Crippen LogP contribution in [0.5, 0.6) is 0 Å². The lowest BCUT2D eigenvalue weighted by Gasteiger charge is -2.54. The average molecular weight is 582 g/mol. The van der Waals surface area contributed by atoms with E-state index in [-0.39, 0.29) is 28.2 Å². The van der Waals surface area contributed by atoms with Gasteiger partial charge in [-0.25, -0.2) is 10.0 Å². The van der Waals surface area contributed by atoms with Gasteiger partial charge in [0, 0.05) is 0 Å². The molecule has 0 bridgehead atoms. The van der Waals surface area contributed by atoms with Crippen molar-refractivity contribution in [3.05, 3.63) is 16.7 Å². The van der Waals surface area contributed by atoms with Crippen molar-refractivity contribution in [1.29, 1.82) is 0 Å². The van der Waals surface area contributed by atoms with Crippen LogP contribution in [0.1, 0.15) is 82.4 Å². The van der Waals surface area contributed by atoms with E-state index >= 15 is 0 Å². The molecule has 3 N–H and O–H groups in total. The molecule has 11 nitrogen and oxygen atoms in total. The number of aromatic nitrogens is 4. The minimum Gasteiger partial charge on any atom is -0.413 e. The molecular weight excluding hydrogens is 534 g/mol. The Morgan fingerprint density at radius 1 is 1.05 bits per heavy atom. The predicted molar refractivity (Wildman–Crippen MR) is 155 cm³/mol. The van der Waals surface area contributed by atoms with Crippen molar-refractivity contribution in [3.63, 3.8) is 0 Å². The molecule has 0 aromatic carbocycles. The summed E-state index contributed by atoms with van der Waals surface area (Å²) in [5.41, 5.74) is 0.361. The van der Waals surface area contributed by atoms with Crippen LogP contribution in [0.2, 0.25) is 22.2 Å². The van der Waals surface area contributed by atoms with Crippen LogP contribution in [0, 0.1) is 0 Å². The number of H-pyrrole nitrogens is 1. The van der Waals surface area contributed by atoms with E-state index in [0.717, 1.165) is 5.06 Å². The van der Waals surface area contributed by atoms with Gasteiger partial charge in [0.1, 0.15) is 18.3 Å². The van der Waals surface area contributed by atoms with Crippen molar-refractivity contribution in [2.24, 2.45) is 0 Å². The second kappa shape index (κ2) is 10.3. The second-order valence-electron chi connectivity index (χ2n) is 13.4. The van der Waals surface area contributed by atoms with Gasteiger partial charge < -0.3 is 18.7 Å². The second-order valence-corrected chi connectivity index (χ2v) is 26.4. The Bertz CT molecular complexity index is 1220. The molecule has 220 valence electrons. The zero-order valence-electron chi connectivity index (χ0n) is 25.2. The van der Waals surface area contributed by atoms with E-state index in [4.69, 9.17) is 13.6 Å². The molecule has 2 aliphatic rings. The smallest absolute Gasteiger partial charge is 0.280 e. The van der Waals surface area contributed by atoms with Gasteiger partial charge in [0.2, 0.25) is 21.6 Å². The molecule has 0 amide bonds. The zero-order valence-corrected chi connectivity index (χ0v) is 27.2. The summed E-state index contributed by atoms with van der Waals surface area (Å²) >= 11 is 0. The highest BCUT2D eigenvalue weighted by atomic mass is 29.3. The minimum absolute atomic E-state index is 0.0151. The molecule has 39 heavy (non-hydrogen) atoms. The number of nitrogens with zero attached hydrogens (tertiary/aromatic N) is 4. The van der Waals surface area contributed by atoms with E-state index in [9.17, 15) is 15.1 Å². The molecule has 2 saturated heterocycles. The minimum atomic E-state index is -2.60. The van der Waals surface area contributed by atoms with E-state index in [1.165, 1.54) is 6.33 Å². The monoisotopic (exact) mass is 581 g/mol. The molecular formula is C26H47N5O6Si2. The van der Waals surface area contributed by atoms with Crippen LogP contribution in [0.4, 0.5) is 5.95 Å². The van der Waals surface area contributed by atoms with E-state index in [2.05, 4.69) is 70.3 Å². The van der Waals surface area contributed by atoms with E-state index in [0.29, 0.717) is 17.7 Å². The Labute approximate surface area is 232 Å². The van der Waals surface area contributed by atoms with Crippen molar-refractivity contribution < 1.29 is 23.9 Å². The summed E-state index contributed by atoms with van der Waals surface area (Å²) in [6.07, 6.45) is -1.52. The Morgan fingerprint density at radius 2 is 1.62 bits per heavy atom. The van der Waals surface area contributed by atoms with Crippen LogP contribution in [0.15, 0.2) is 11.1 Å². The summed E-state index contributed by atoms with van der Waals surface area (Å²) in [5.74, 6) is -0.0151. The fraction of sp³-hybridized carbons (Fsp3) is 0.808. The molecule has 2 aliphatic heterocycles. The molecule has 13 heteroatoms. The summed E-state index contributed by atoms with van der Waals surface area (Å²) in [5, 5.41) is 23.3. The van der Waals surface area contributed by atoms with Crippen molar-refractivity contribution in [1.82, 2.24) is 19.5 Å². The highest BCUT2D eigenvalue weighted by Gasteiger charge is 2.69. The molecule has 2 aromatic rings. The van der Waals surface area contributed by atoms with Gasteiger partial charge in [-0.2, -0.15) is 4.98 Å². The number of hydrogen-bond donors (Lipinski definition) is 3. The van der Waals surface area contributed by atoms with Gasteiger partial charge in [-0.1, -0.05) is 55.4 Å². The summed E-state index contributed by atoms with van der Waals surface area (Å²) in [7, 11) is -5.05. The highest BCUT2D eigenvalue weighted by molar-refractivity contribution is 7.39. The van der Waals surface area contributed by atoms with Crippen LogP contribution in [-0.2, 0) is 13.6 Å².